The van der Waals surface area contributed by atoms with E-state index in [4.69, 9.17) is 0 Å². The lowest BCUT2D eigenvalue weighted by atomic mass is 9.78. The Bertz CT molecular complexity index is 1180. The number of aromatic amines is 1. The summed E-state index contributed by atoms with van der Waals surface area (Å²) in [5, 5.41) is 17.0. The Hall–Kier alpha value is -3.15. The number of fused-ring (bicyclic) bond motifs is 3. The maximum Gasteiger partial charge on any atom is 0.306 e. The van der Waals surface area contributed by atoms with E-state index in [-0.39, 0.29) is 5.92 Å². The molecule has 1 saturated carbocycles. The number of aryl methyl sites for hydroxylation is 1. The highest BCUT2D eigenvalue weighted by atomic mass is 16.4. The lowest BCUT2D eigenvalue weighted by Gasteiger charge is -2.26. The summed E-state index contributed by atoms with van der Waals surface area (Å²) in [4.78, 5) is 19.2. The topological polar surface area (TPSA) is 83.8 Å². The van der Waals surface area contributed by atoms with Crippen LogP contribution in [0.15, 0.2) is 43.0 Å². The van der Waals surface area contributed by atoms with E-state index in [1.54, 1.807) is 0 Å². The number of pyridine rings is 1. The Morgan fingerprint density at radius 3 is 2.71 bits per heavy atom. The summed E-state index contributed by atoms with van der Waals surface area (Å²) in [5.41, 5.74) is 4.38. The number of hydrogen-bond donors (Lipinski definition) is 2. The molecule has 1 aliphatic rings. The number of carboxylic acid groups (broad SMARTS) is 1. The summed E-state index contributed by atoms with van der Waals surface area (Å²) in [6.45, 7) is 0. The molecule has 0 unspecified atom stereocenters. The second kappa shape index (κ2) is 6.48. The van der Waals surface area contributed by atoms with E-state index in [0.29, 0.717) is 5.92 Å². The Morgan fingerprint density at radius 2 is 2.00 bits per heavy atom. The van der Waals surface area contributed by atoms with Gasteiger partial charge in [-0.05, 0) is 54.2 Å². The molecule has 3 aromatic heterocycles. The number of aromatic nitrogens is 4. The second-order valence-corrected chi connectivity index (χ2v) is 7.82. The van der Waals surface area contributed by atoms with Gasteiger partial charge in [-0.2, -0.15) is 5.10 Å². The average molecular weight is 374 g/mol. The molecule has 1 aromatic carbocycles. The zero-order chi connectivity index (χ0) is 19.3. The van der Waals surface area contributed by atoms with Crippen molar-refractivity contribution >= 4 is 27.8 Å². The van der Waals surface area contributed by atoms with Crippen molar-refractivity contribution in [1.29, 1.82) is 0 Å². The van der Waals surface area contributed by atoms with E-state index in [2.05, 4.69) is 39.5 Å². The number of rotatable bonds is 3. The van der Waals surface area contributed by atoms with Crippen molar-refractivity contribution in [2.75, 3.05) is 0 Å². The van der Waals surface area contributed by atoms with E-state index in [0.717, 1.165) is 47.8 Å². The highest BCUT2D eigenvalue weighted by Crippen LogP contribution is 2.41. The van der Waals surface area contributed by atoms with E-state index in [9.17, 15) is 9.90 Å². The van der Waals surface area contributed by atoms with Gasteiger partial charge in [0.2, 0.25) is 0 Å². The minimum Gasteiger partial charge on any atom is -0.481 e. The molecule has 2 N–H and O–H groups in total. The standard InChI is InChI=1S/C22H22N4O2/c1-26-12-17(10-25-26)15-6-7-16-9-23-21-20(18(16)8-15)19(11-24-21)13-2-4-14(5-3-13)22(27)28/h6-14H,2-5H2,1H3,(H,23,24)(H,27,28)/t13-,14-. The molecule has 1 aliphatic carbocycles. The summed E-state index contributed by atoms with van der Waals surface area (Å²) in [6.07, 6.45) is 11.2. The van der Waals surface area contributed by atoms with Gasteiger partial charge >= 0.3 is 5.97 Å². The average Bonchev–Trinajstić information content (AvgIpc) is 3.34. The Labute approximate surface area is 162 Å². The van der Waals surface area contributed by atoms with Gasteiger partial charge < -0.3 is 10.1 Å². The minimum absolute atomic E-state index is 0.200. The number of H-pyrrole nitrogens is 1. The third-order valence-corrected chi connectivity index (χ3v) is 6.10. The Kier molecular flexibility index (Phi) is 3.93. The number of carbonyl (C=O) groups is 1. The number of benzene rings is 1. The van der Waals surface area contributed by atoms with Gasteiger partial charge in [0.25, 0.3) is 0 Å². The largest absolute Gasteiger partial charge is 0.481 e. The predicted molar refractivity (Wildman–Crippen MR) is 108 cm³/mol. The van der Waals surface area contributed by atoms with Crippen LogP contribution >= 0.6 is 0 Å². The third kappa shape index (κ3) is 2.76. The van der Waals surface area contributed by atoms with Crippen LogP contribution in [0.1, 0.15) is 37.2 Å². The molecule has 142 valence electrons. The summed E-state index contributed by atoms with van der Waals surface area (Å²) >= 11 is 0. The van der Waals surface area contributed by atoms with Crippen molar-refractivity contribution in [3.05, 3.63) is 48.5 Å². The first-order valence-electron chi connectivity index (χ1n) is 9.71. The monoisotopic (exact) mass is 374 g/mol. The first-order valence-corrected chi connectivity index (χ1v) is 9.71. The van der Waals surface area contributed by atoms with Crippen LogP contribution in [0.25, 0.3) is 32.9 Å². The zero-order valence-corrected chi connectivity index (χ0v) is 15.7. The van der Waals surface area contributed by atoms with Crippen molar-refractivity contribution in [2.24, 2.45) is 13.0 Å². The van der Waals surface area contributed by atoms with Gasteiger partial charge in [0, 0.05) is 42.0 Å². The van der Waals surface area contributed by atoms with Gasteiger partial charge in [0.1, 0.15) is 5.65 Å². The normalized spacial score (nSPS) is 20.0. The molecule has 0 spiro atoms. The Morgan fingerprint density at radius 1 is 1.18 bits per heavy atom. The second-order valence-electron chi connectivity index (χ2n) is 7.82. The molecule has 1 fully saturated rings. The van der Waals surface area contributed by atoms with Crippen LogP contribution in [-0.4, -0.2) is 30.8 Å². The maximum absolute atomic E-state index is 11.3. The molecule has 6 heteroatoms. The van der Waals surface area contributed by atoms with Crippen molar-refractivity contribution in [3.8, 4) is 11.1 Å². The highest BCUT2D eigenvalue weighted by Gasteiger charge is 2.28. The molecular formula is C22H22N4O2. The van der Waals surface area contributed by atoms with Crippen LogP contribution < -0.4 is 0 Å². The SMILES string of the molecule is Cn1cc(-c2ccc3cnc4[nH]cc([C@H]5CC[C@H](C(=O)O)CC5)c4c3c2)cn1. The quantitative estimate of drug-likeness (QED) is 0.554. The van der Waals surface area contributed by atoms with Crippen LogP contribution in [0.4, 0.5) is 0 Å². The minimum atomic E-state index is -0.661. The fourth-order valence-corrected chi connectivity index (χ4v) is 4.55. The van der Waals surface area contributed by atoms with Crippen molar-refractivity contribution in [2.45, 2.75) is 31.6 Å². The van der Waals surface area contributed by atoms with Crippen molar-refractivity contribution < 1.29 is 9.90 Å². The van der Waals surface area contributed by atoms with Crippen LogP contribution in [-0.2, 0) is 11.8 Å². The summed E-state index contributed by atoms with van der Waals surface area (Å²) in [7, 11) is 1.92. The molecule has 3 heterocycles. The summed E-state index contributed by atoms with van der Waals surface area (Å²) < 4.78 is 1.81. The van der Waals surface area contributed by atoms with Crippen LogP contribution in [0.5, 0.6) is 0 Å². The lowest BCUT2D eigenvalue weighted by Crippen LogP contribution is -2.20. The number of nitrogens with zero attached hydrogens (tertiary/aromatic N) is 3. The first-order chi connectivity index (χ1) is 13.6. The van der Waals surface area contributed by atoms with E-state index in [1.807, 2.05) is 30.3 Å². The van der Waals surface area contributed by atoms with Crippen LogP contribution in [0.3, 0.4) is 0 Å². The van der Waals surface area contributed by atoms with E-state index in [1.165, 1.54) is 16.3 Å². The zero-order valence-electron chi connectivity index (χ0n) is 15.7. The third-order valence-electron chi connectivity index (χ3n) is 6.10. The molecule has 4 aromatic rings. The molecule has 5 rings (SSSR count). The molecule has 0 amide bonds. The van der Waals surface area contributed by atoms with Crippen molar-refractivity contribution in [1.82, 2.24) is 19.7 Å². The lowest BCUT2D eigenvalue weighted by molar-refractivity contribution is -0.142. The number of hydrogen-bond acceptors (Lipinski definition) is 3. The molecule has 0 radical (unpaired) electrons. The van der Waals surface area contributed by atoms with Gasteiger partial charge in [-0.3, -0.25) is 9.48 Å². The number of nitrogens with one attached hydrogen (secondary N) is 1. The fraction of sp³-hybridized carbons (Fsp3) is 0.318. The first kappa shape index (κ1) is 17.0. The van der Waals surface area contributed by atoms with Gasteiger partial charge in [-0.15, -0.1) is 0 Å². The van der Waals surface area contributed by atoms with Gasteiger partial charge in [-0.25, -0.2) is 4.98 Å². The van der Waals surface area contributed by atoms with Gasteiger partial charge in [-0.1, -0.05) is 12.1 Å². The fourth-order valence-electron chi connectivity index (χ4n) is 4.55. The molecule has 0 bridgehead atoms. The van der Waals surface area contributed by atoms with Gasteiger partial charge in [0.05, 0.1) is 12.1 Å². The molecule has 0 saturated heterocycles. The summed E-state index contributed by atoms with van der Waals surface area (Å²) in [5.74, 6) is -0.488. The molecule has 0 aliphatic heterocycles. The Balaban J connectivity index is 1.61. The van der Waals surface area contributed by atoms with E-state index >= 15 is 0 Å². The molecule has 28 heavy (non-hydrogen) atoms. The highest BCUT2D eigenvalue weighted by molar-refractivity contribution is 6.08. The number of carboxylic acids is 1. The van der Waals surface area contributed by atoms with Crippen LogP contribution in [0.2, 0.25) is 0 Å². The van der Waals surface area contributed by atoms with Crippen LogP contribution in [0, 0.1) is 5.92 Å². The van der Waals surface area contributed by atoms with Gasteiger partial charge in [0.15, 0.2) is 0 Å². The predicted octanol–water partition coefficient (Wildman–Crippen LogP) is 4.48. The summed E-state index contributed by atoms with van der Waals surface area (Å²) in [6, 6.07) is 6.44. The molecule has 6 nitrogen and oxygen atoms in total. The van der Waals surface area contributed by atoms with Crippen molar-refractivity contribution in [3.63, 3.8) is 0 Å². The van der Waals surface area contributed by atoms with E-state index < -0.39 is 5.97 Å². The smallest absolute Gasteiger partial charge is 0.306 e. The number of aliphatic carboxylic acids is 1. The maximum atomic E-state index is 11.3. The molecular weight excluding hydrogens is 352 g/mol. The molecule has 0 atom stereocenters.